The van der Waals surface area contributed by atoms with Crippen LogP contribution >= 0.6 is 0 Å². The van der Waals surface area contributed by atoms with Gasteiger partial charge in [-0.2, -0.15) is 4.57 Å². The molecule has 1 aromatic heterocycles. The second-order valence-electron chi connectivity index (χ2n) is 12.5. The molecule has 0 atom stereocenters. The number of fused-ring (bicyclic) bond motifs is 3. The SMILES string of the molecule is CC(C)c1cc2c(c(C(C)C)c1-n1cc[n+](C)c1-c1ccccc1)C(c1ccccc1)(c1ccccc1)c1ccccc1-2. The van der Waals surface area contributed by atoms with Gasteiger partial charge in [0.1, 0.15) is 18.1 Å². The lowest BCUT2D eigenvalue weighted by atomic mass is 9.65. The Hall–Kier alpha value is -4.69. The first-order valence-corrected chi connectivity index (χ1v) is 15.5. The van der Waals surface area contributed by atoms with E-state index in [4.69, 9.17) is 0 Å². The molecule has 0 bridgehead atoms. The van der Waals surface area contributed by atoms with Crippen molar-refractivity contribution >= 4 is 0 Å². The van der Waals surface area contributed by atoms with Crippen LogP contribution < -0.4 is 4.57 Å². The van der Waals surface area contributed by atoms with Crippen LogP contribution in [0.5, 0.6) is 0 Å². The predicted octanol–water partition coefficient (Wildman–Crippen LogP) is 9.58. The molecule has 0 spiro atoms. The Bertz CT molecular complexity index is 1870. The lowest BCUT2D eigenvalue weighted by Crippen LogP contribution is -2.31. The second kappa shape index (κ2) is 10.5. The normalized spacial score (nSPS) is 13.4. The summed E-state index contributed by atoms with van der Waals surface area (Å²) >= 11 is 0. The molecular formula is C41H39N2+. The quantitative estimate of drug-likeness (QED) is 0.179. The fourth-order valence-corrected chi connectivity index (χ4v) is 7.51. The van der Waals surface area contributed by atoms with Gasteiger partial charge in [0.15, 0.2) is 0 Å². The average molecular weight is 560 g/mol. The summed E-state index contributed by atoms with van der Waals surface area (Å²) in [6.07, 6.45) is 4.46. The van der Waals surface area contributed by atoms with Crippen LogP contribution in [0.2, 0.25) is 0 Å². The van der Waals surface area contributed by atoms with Gasteiger partial charge >= 0.3 is 0 Å². The fourth-order valence-electron chi connectivity index (χ4n) is 7.51. The van der Waals surface area contributed by atoms with Gasteiger partial charge in [0.25, 0.3) is 5.82 Å². The molecule has 6 aromatic rings. The first kappa shape index (κ1) is 27.2. The molecule has 2 heteroatoms. The molecular weight excluding hydrogens is 520 g/mol. The number of hydrogen-bond acceptors (Lipinski definition) is 0. The Kier molecular flexibility index (Phi) is 6.66. The molecule has 1 aliphatic carbocycles. The van der Waals surface area contributed by atoms with Crippen LogP contribution in [0, 0.1) is 0 Å². The van der Waals surface area contributed by atoms with Crippen molar-refractivity contribution < 1.29 is 4.57 Å². The summed E-state index contributed by atoms with van der Waals surface area (Å²) in [4.78, 5) is 0. The summed E-state index contributed by atoms with van der Waals surface area (Å²) in [7, 11) is 2.16. The van der Waals surface area contributed by atoms with Gasteiger partial charge < -0.3 is 0 Å². The third-order valence-corrected chi connectivity index (χ3v) is 9.25. The van der Waals surface area contributed by atoms with Crippen LogP contribution in [0.1, 0.15) is 72.9 Å². The molecule has 212 valence electrons. The first-order chi connectivity index (χ1) is 20.9. The van der Waals surface area contributed by atoms with Gasteiger partial charge in [0.2, 0.25) is 0 Å². The third kappa shape index (κ3) is 4.04. The van der Waals surface area contributed by atoms with Crippen LogP contribution in [-0.4, -0.2) is 4.57 Å². The van der Waals surface area contributed by atoms with Crippen molar-refractivity contribution in [3.8, 4) is 28.2 Å². The van der Waals surface area contributed by atoms with E-state index in [1.54, 1.807) is 0 Å². The van der Waals surface area contributed by atoms with Gasteiger partial charge in [-0.3, -0.25) is 0 Å². The monoisotopic (exact) mass is 559 g/mol. The van der Waals surface area contributed by atoms with E-state index in [1.165, 1.54) is 61.6 Å². The molecule has 7 rings (SSSR count). The van der Waals surface area contributed by atoms with Crippen LogP contribution in [-0.2, 0) is 12.5 Å². The Balaban J connectivity index is 1.70. The molecule has 0 radical (unpaired) electrons. The van der Waals surface area contributed by atoms with Crippen molar-refractivity contribution in [2.75, 3.05) is 0 Å². The summed E-state index contributed by atoms with van der Waals surface area (Å²) < 4.78 is 4.72. The van der Waals surface area contributed by atoms with E-state index in [0.29, 0.717) is 5.92 Å². The summed E-state index contributed by atoms with van der Waals surface area (Å²) in [5.41, 5.74) is 12.9. The van der Waals surface area contributed by atoms with E-state index in [2.05, 4.69) is 178 Å². The summed E-state index contributed by atoms with van der Waals surface area (Å²) in [6.45, 7) is 9.42. The van der Waals surface area contributed by atoms with Crippen molar-refractivity contribution in [3.05, 3.63) is 167 Å². The lowest BCUT2D eigenvalue weighted by Gasteiger charge is -2.36. The number of hydrogen-bond donors (Lipinski definition) is 0. The number of rotatable bonds is 6. The van der Waals surface area contributed by atoms with Crippen molar-refractivity contribution in [3.63, 3.8) is 0 Å². The highest BCUT2D eigenvalue weighted by molar-refractivity contribution is 5.90. The zero-order chi connectivity index (χ0) is 29.7. The van der Waals surface area contributed by atoms with Crippen molar-refractivity contribution in [1.29, 1.82) is 0 Å². The minimum absolute atomic E-state index is 0.278. The summed E-state index contributed by atoms with van der Waals surface area (Å²) in [5, 5.41) is 0. The second-order valence-corrected chi connectivity index (χ2v) is 12.5. The maximum atomic E-state index is 2.52. The zero-order valence-corrected chi connectivity index (χ0v) is 25.8. The fraction of sp³-hybridized carbons (Fsp3) is 0.195. The van der Waals surface area contributed by atoms with E-state index in [-0.39, 0.29) is 5.92 Å². The smallest absolute Gasteiger partial charge is 0.232 e. The zero-order valence-electron chi connectivity index (χ0n) is 25.8. The number of nitrogens with zero attached hydrogens (tertiary/aromatic N) is 2. The van der Waals surface area contributed by atoms with E-state index < -0.39 is 5.41 Å². The minimum atomic E-state index is -0.444. The number of aromatic nitrogens is 2. The maximum absolute atomic E-state index is 2.52. The number of benzene rings is 5. The molecule has 0 aliphatic heterocycles. The van der Waals surface area contributed by atoms with E-state index in [0.717, 1.165) is 0 Å². The highest BCUT2D eigenvalue weighted by atomic mass is 15.1. The Morgan fingerprint density at radius 2 is 1.19 bits per heavy atom. The molecule has 0 fully saturated rings. The Labute approximate surface area is 255 Å². The van der Waals surface area contributed by atoms with Crippen LogP contribution in [0.4, 0.5) is 0 Å². The lowest BCUT2D eigenvalue weighted by molar-refractivity contribution is -0.659. The topological polar surface area (TPSA) is 8.81 Å². The maximum Gasteiger partial charge on any atom is 0.293 e. The minimum Gasteiger partial charge on any atom is -0.232 e. The third-order valence-electron chi connectivity index (χ3n) is 9.25. The van der Waals surface area contributed by atoms with Gasteiger partial charge in [-0.25, -0.2) is 4.57 Å². The van der Waals surface area contributed by atoms with Crippen LogP contribution in [0.3, 0.4) is 0 Å². The standard InChI is InChI=1S/C41H39N2/c1-28(2)34-27-35-33-23-15-16-24-36(33)41(31-19-11-7-12-20-31,32-21-13-8-14-22-32)38(35)37(29(3)4)39(34)43-26-25-42(5)40(43)30-17-9-6-10-18-30/h6-29H,1-5H3/q+1. The van der Waals surface area contributed by atoms with E-state index in [1.807, 2.05) is 0 Å². The first-order valence-electron chi connectivity index (χ1n) is 15.5. The van der Waals surface area contributed by atoms with Crippen LogP contribution in [0.15, 0.2) is 134 Å². The highest BCUT2D eigenvalue weighted by Gasteiger charge is 2.49. The molecule has 2 nitrogen and oxygen atoms in total. The van der Waals surface area contributed by atoms with Gasteiger partial charge in [0.05, 0.1) is 18.0 Å². The number of imidazole rings is 1. The van der Waals surface area contributed by atoms with Gasteiger partial charge in [-0.15, -0.1) is 0 Å². The Morgan fingerprint density at radius 3 is 1.77 bits per heavy atom. The predicted molar refractivity (Wildman–Crippen MR) is 178 cm³/mol. The van der Waals surface area contributed by atoms with Crippen molar-refractivity contribution in [2.24, 2.45) is 7.05 Å². The number of aryl methyl sites for hydroxylation is 1. The molecule has 0 amide bonds. The van der Waals surface area contributed by atoms with Crippen molar-refractivity contribution in [2.45, 2.75) is 44.9 Å². The Morgan fingerprint density at radius 1 is 0.628 bits per heavy atom. The molecule has 1 heterocycles. The van der Waals surface area contributed by atoms with Crippen LogP contribution in [0.25, 0.3) is 28.2 Å². The molecule has 0 saturated carbocycles. The molecule has 0 unspecified atom stereocenters. The molecule has 0 saturated heterocycles. The van der Waals surface area contributed by atoms with E-state index >= 15 is 0 Å². The molecule has 43 heavy (non-hydrogen) atoms. The average Bonchev–Trinajstić information content (AvgIpc) is 3.57. The molecule has 5 aromatic carbocycles. The van der Waals surface area contributed by atoms with Crippen molar-refractivity contribution in [1.82, 2.24) is 4.57 Å². The van der Waals surface area contributed by atoms with Gasteiger partial charge in [-0.1, -0.05) is 131 Å². The largest absolute Gasteiger partial charge is 0.293 e. The molecule has 0 N–H and O–H groups in total. The molecule has 1 aliphatic rings. The summed E-state index contributed by atoms with van der Waals surface area (Å²) in [5.74, 6) is 1.80. The van der Waals surface area contributed by atoms with Gasteiger partial charge in [0, 0.05) is 11.1 Å². The summed E-state index contributed by atoms with van der Waals surface area (Å²) in [6, 6.07) is 44.8. The van der Waals surface area contributed by atoms with Gasteiger partial charge in [-0.05, 0) is 63.4 Å². The van der Waals surface area contributed by atoms with E-state index in [9.17, 15) is 0 Å². The highest BCUT2D eigenvalue weighted by Crippen LogP contribution is 2.59.